The number of nitrogens with zero attached hydrogens (tertiary/aromatic N) is 2. The van der Waals surface area contributed by atoms with Crippen molar-refractivity contribution in [3.8, 4) is 16.9 Å². The summed E-state index contributed by atoms with van der Waals surface area (Å²) in [7, 11) is -1.30. The first kappa shape index (κ1) is 35.8. The maximum Gasteiger partial charge on any atom is 0.416 e. The SMILES string of the molecule is CCCCOCCOc1ccc(-c2ccc(C(F)(F)F)c(/C=C/C(=O)Cc3ccc([S@](=O)Cc4c(C)ncn4CCC)cc3)c2)cc1. The van der Waals surface area contributed by atoms with E-state index < -0.39 is 22.5 Å². The Kier molecular flexibility index (Phi) is 13.1. The van der Waals surface area contributed by atoms with Crippen molar-refractivity contribution in [3.63, 3.8) is 0 Å². The van der Waals surface area contributed by atoms with Gasteiger partial charge in [0.15, 0.2) is 5.78 Å². The fourth-order valence-electron chi connectivity index (χ4n) is 4.99. The molecule has 0 fully saturated rings. The minimum Gasteiger partial charge on any atom is -0.491 e. The number of ketones is 1. The quantitative estimate of drug-likeness (QED) is 0.0834. The van der Waals surface area contributed by atoms with Crippen LogP contribution in [0.5, 0.6) is 5.75 Å². The average molecular weight is 667 g/mol. The molecule has 0 aliphatic heterocycles. The molecule has 0 saturated carbocycles. The molecule has 0 unspecified atom stereocenters. The lowest BCUT2D eigenvalue weighted by atomic mass is 9.98. The van der Waals surface area contributed by atoms with Crippen LogP contribution in [-0.2, 0) is 45.2 Å². The van der Waals surface area contributed by atoms with E-state index in [1.165, 1.54) is 24.3 Å². The molecule has 0 bridgehead atoms. The normalized spacial score (nSPS) is 12.5. The number of carbonyl (C=O) groups is 1. The standard InChI is InChI=1S/C37H41F3N2O4S/c1-4-6-20-45-21-22-46-33-14-10-29(11-15-33)30-12-18-35(37(38,39)40)31(24-30)9-13-32(43)23-28-7-16-34(17-8-28)47(44)25-36-27(3)41-26-42(36)19-5-2/h7-18,24,26H,4-6,19-23,25H2,1-3H3/b13-9+/t47-/m1/s1. The average Bonchev–Trinajstić information content (AvgIpc) is 3.39. The Hall–Kier alpha value is -4.02. The molecule has 6 nitrogen and oxygen atoms in total. The lowest BCUT2D eigenvalue weighted by Gasteiger charge is -2.13. The van der Waals surface area contributed by atoms with E-state index >= 15 is 0 Å². The molecule has 1 atom stereocenters. The zero-order valence-electron chi connectivity index (χ0n) is 27.0. The zero-order valence-corrected chi connectivity index (χ0v) is 27.8. The van der Waals surface area contributed by atoms with E-state index in [1.54, 1.807) is 54.9 Å². The highest BCUT2D eigenvalue weighted by atomic mass is 32.2. The summed E-state index contributed by atoms with van der Waals surface area (Å²) in [5, 5.41) is 0. The van der Waals surface area contributed by atoms with E-state index in [-0.39, 0.29) is 17.8 Å². The topological polar surface area (TPSA) is 70.4 Å². The summed E-state index contributed by atoms with van der Waals surface area (Å²) in [5.74, 6) is 0.621. The number of aryl methyl sites for hydroxylation is 2. The van der Waals surface area contributed by atoms with Gasteiger partial charge in [0.25, 0.3) is 0 Å². The summed E-state index contributed by atoms with van der Waals surface area (Å²) in [5.41, 5.74) is 2.83. The van der Waals surface area contributed by atoms with Crippen molar-refractivity contribution >= 4 is 22.7 Å². The summed E-state index contributed by atoms with van der Waals surface area (Å²) in [6.45, 7) is 8.44. The van der Waals surface area contributed by atoms with Crippen molar-refractivity contribution in [2.75, 3.05) is 19.8 Å². The smallest absolute Gasteiger partial charge is 0.416 e. The van der Waals surface area contributed by atoms with Crippen LogP contribution < -0.4 is 4.74 Å². The third-order valence-electron chi connectivity index (χ3n) is 7.58. The first-order chi connectivity index (χ1) is 22.6. The molecule has 47 heavy (non-hydrogen) atoms. The highest BCUT2D eigenvalue weighted by Gasteiger charge is 2.32. The van der Waals surface area contributed by atoms with E-state index in [4.69, 9.17) is 9.47 Å². The van der Waals surface area contributed by atoms with E-state index in [0.717, 1.165) is 43.3 Å². The lowest BCUT2D eigenvalue weighted by molar-refractivity contribution is -0.137. The molecule has 0 spiro atoms. The predicted octanol–water partition coefficient (Wildman–Crippen LogP) is 8.62. The van der Waals surface area contributed by atoms with E-state index in [9.17, 15) is 22.2 Å². The van der Waals surface area contributed by atoms with Gasteiger partial charge in [-0.15, -0.1) is 0 Å². The second kappa shape index (κ2) is 17.2. The Bertz CT molecular complexity index is 1660. The van der Waals surface area contributed by atoms with Crippen LogP contribution in [0.3, 0.4) is 0 Å². The number of allylic oxidation sites excluding steroid dienone is 1. The van der Waals surface area contributed by atoms with Crippen LogP contribution in [0.1, 0.15) is 61.2 Å². The van der Waals surface area contributed by atoms with Gasteiger partial charge in [0, 0.05) is 24.5 Å². The molecule has 10 heteroatoms. The number of ether oxygens (including phenoxy) is 2. The molecule has 0 amide bonds. The Labute approximate surface area is 277 Å². The highest BCUT2D eigenvalue weighted by molar-refractivity contribution is 7.84. The van der Waals surface area contributed by atoms with E-state index in [0.29, 0.717) is 52.9 Å². The molecule has 0 radical (unpaired) electrons. The number of benzene rings is 3. The maximum absolute atomic E-state index is 13.9. The molecular weight excluding hydrogens is 625 g/mol. The molecule has 3 aromatic carbocycles. The van der Waals surface area contributed by atoms with Gasteiger partial charge in [-0.3, -0.25) is 9.00 Å². The number of hydrogen-bond acceptors (Lipinski definition) is 5. The maximum atomic E-state index is 13.9. The van der Waals surface area contributed by atoms with Gasteiger partial charge in [-0.25, -0.2) is 4.98 Å². The van der Waals surface area contributed by atoms with Crippen molar-refractivity contribution in [1.29, 1.82) is 0 Å². The molecule has 0 aliphatic carbocycles. The van der Waals surface area contributed by atoms with Gasteiger partial charge >= 0.3 is 6.18 Å². The molecule has 1 aromatic heterocycles. The molecule has 0 saturated heterocycles. The second-order valence-electron chi connectivity index (χ2n) is 11.2. The summed E-state index contributed by atoms with van der Waals surface area (Å²) in [6, 6.07) is 17.9. The number of imidazole rings is 1. The molecule has 0 aliphatic rings. The third kappa shape index (κ3) is 10.5. The number of unbranched alkanes of at least 4 members (excludes halogenated alkanes) is 1. The molecule has 250 valence electrons. The van der Waals surface area contributed by atoms with Gasteiger partial charge in [-0.1, -0.05) is 56.7 Å². The minimum absolute atomic E-state index is 0.00204. The van der Waals surface area contributed by atoms with Gasteiger partial charge in [0.1, 0.15) is 12.4 Å². The van der Waals surface area contributed by atoms with Crippen LogP contribution in [0.4, 0.5) is 13.2 Å². The minimum atomic E-state index is -4.59. The summed E-state index contributed by atoms with van der Waals surface area (Å²) in [6.07, 6.45) is 2.58. The van der Waals surface area contributed by atoms with Crippen LogP contribution in [0.15, 0.2) is 84.0 Å². The van der Waals surface area contributed by atoms with E-state index in [1.807, 2.05) is 11.5 Å². The molecule has 1 heterocycles. The first-order valence-corrected chi connectivity index (χ1v) is 17.1. The van der Waals surface area contributed by atoms with Crippen LogP contribution in [-0.4, -0.2) is 39.4 Å². The number of carbonyl (C=O) groups excluding carboxylic acids is 1. The van der Waals surface area contributed by atoms with Gasteiger partial charge in [-0.2, -0.15) is 13.2 Å². The van der Waals surface area contributed by atoms with Crippen LogP contribution >= 0.6 is 0 Å². The van der Waals surface area contributed by atoms with E-state index in [2.05, 4.69) is 18.8 Å². The number of halogens is 3. The van der Waals surface area contributed by atoms with Gasteiger partial charge in [0.05, 0.1) is 46.4 Å². The fourth-order valence-corrected chi connectivity index (χ4v) is 6.22. The molecular formula is C37H41F3N2O4S. The predicted molar refractivity (Wildman–Crippen MR) is 180 cm³/mol. The summed E-state index contributed by atoms with van der Waals surface area (Å²) in [4.78, 5) is 17.8. The Morgan fingerprint density at radius 2 is 1.66 bits per heavy atom. The number of rotatable bonds is 17. The highest BCUT2D eigenvalue weighted by Crippen LogP contribution is 2.35. The first-order valence-electron chi connectivity index (χ1n) is 15.8. The van der Waals surface area contributed by atoms with Crippen molar-refractivity contribution in [2.24, 2.45) is 0 Å². The largest absolute Gasteiger partial charge is 0.491 e. The number of hydrogen-bond donors (Lipinski definition) is 0. The lowest BCUT2D eigenvalue weighted by Crippen LogP contribution is -2.08. The third-order valence-corrected chi connectivity index (χ3v) is 8.92. The van der Waals surface area contributed by atoms with Gasteiger partial charge < -0.3 is 14.0 Å². The fraction of sp³-hybridized carbons (Fsp3) is 0.351. The van der Waals surface area contributed by atoms with Crippen LogP contribution in [0.25, 0.3) is 17.2 Å². The van der Waals surface area contributed by atoms with Crippen molar-refractivity contribution in [2.45, 2.75) is 69.8 Å². The molecule has 4 aromatic rings. The van der Waals surface area contributed by atoms with Crippen LogP contribution in [0.2, 0.25) is 0 Å². The summed E-state index contributed by atoms with van der Waals surface area (Å²) >= 11 is 0. The van der Waals surface area contributed by atoms with Gasteiger partial charge in [0.2, 0.25) is 0 Å². The molecule has 0 N–H and O–H groups in total. The van der Waals surface area contributed by atoms with Gasteiger partial charge in [-0.05, 0) is 84.5 Å². The Balaban J connectivity index is 1.40. The van der Waals surface area contributed by atoms with Crippen LogP contribution in [0, 0.1) is 6.92 Å². The Morgan fingerprint density at radius 1 is 0.936 bits per heavy atom. The Morgan fingerprint density at radius 3 is 2.34 bits per heavy atom. The molecule has 4 rings (SSSR count). The number of alkyl halides is 3. The zero-order chi connectivity index (χ0) is 33.8. The van der Waals surface area contributed by atoms with Crippen molar-refractivity contribution in [1.82, 2.24) is 9.55 Å². The monoisotopic (exact) mass is 666 g/mol. The van der Waals surface area contributed by atoms with Crippen molar-refractivity contribution in [3.05, 3.63) is 107 Å². The summed E-state index contributed by atoms with van der Waals surface area (Å²) < 4.78 is 67.8. The number of aromatic nitrogens is 2. The second-order valence-corrected chi connectivity index (χ2v) is 12.7. The van der Waals surface area contributed by atoms with Crippen molar-refractivity contribution < 1.29 is 31.6 Å².